The Morgan fingerprint density at radius 2 is 2.06 bits per heavy atom. The molecule has 3 rings (SSSR count). The summed E-state index contributed by atoms with van der Waals surface area (Å²) in [6.07, 6.45) is 2.18. The molecule has 0 spiro atoms. The van der Waals surface area contributed by atoms with Crippen LogP contribution in [-0.2, 0) is 10.8 Å². The lowest BCUT2D eigenvalue weighted by molar-refractivity contribution is 0.604. The summed E-state index contributed by atoms with van der Waals surface area (Å²) in [5, 5.41) is 3.44. The summed E-state index contributed by atoms with van der Waals surface area (Å²) in [6, 6.07) is 6.85. The first kappa shape index (κ1) is 11.3. The molecule has 0 saturated carbocycles. The lowest BCUT2D eigenvalue weighted by Crippen LogP contribution is -2.17. The Balaban J connectivity index is 1.84. The van der Waals surface area contributed by atoms with E-state index in [4.69, 9.17) is 0 Å². The van der Waals surface area contributed by atoms with Gasteiger partial charge in [0.1, 0.15) is 0 Å². The first-order valence-electron chi connectivity index (χ1n) is 6.47. The van der Waals surface area contributed by atoms with Crippen LogP contribution in [0.4, 0.5) is 5.69 Å². The summed E-state index contributed by atoms with van der Waals surface area (Å²) in [5.41, 5.74) is 4.23. The molecule has 0 amide bonds. The van der Waals surface area contributed by atoms with E-state index >= 15 is 0 Å². The highest BCUT2D eigenvalue weighted by molar-refractivity contribution is 7.85. The summed E-state index contributed by atoms with van der Waals surface area (Å²) in [4.78, 5) is 0. The molecular weight excluding hydrogens is 230 g/mol. The highest BCUT2D eigenvalue weighted by atomic mass is 32.2. The third kappa shape index (κ3) is 2.13. The summed E-state index contributed by atoms with van der Waals surface area (Å²) in [5.74, 6) is 3.03. The number of benzene rings is 1. The second kappa shape index (κ2) is 4.45. The fraction of sp³-hybridized carbons (Fsp3) is 0.571. The fourth-order valence-electron chi connectivity index (χ4n) is 2.90. The minimum absolute atomic E-state index is 0.553. The molecule has 2 aliphatic rings. The van der Waals surface area contributed by atoms with Crippen molar-refractivity contribution >= 4 is 16.5 Å². The van der Waals surface area contributed by atoms with Crippen LogP contribution in [0.25, 0.3) is 0 Å². The molecule has 2 nitrogen and oxygen atoms in total. The summed E-state index contributed by atoms with van der Waals surface area (Å²) < 4.78 is 11.4. The normalized spacial score (nSPS) is 31.9. The van der Waals surface area contributed by atoms with Gasteiger partial charge in [0.25, 0.3) is 0 Å². The van der Waals surface area contributed by atoms with Crippen molar-refractivity contribution in [1.29, 1.82) is 0 Å². The van der Waals surface area contributed by atoms with E-state index < -0.39 is 10.8 Å². The van der Waals surface area contributed by atoms with Crippen LogP contribution in [0.1, 0.15) is 42.7 Å². The highest BCUT2D eigenvalue weighted by Crippen LogP contribution is 2.36. The number of hydrogen-bond acceptors (Lipinski definition) is 2. The number of anilines is 1. The molecule has 1 aromatic carbocycles. The van der Waals surface area contributed by atoms with Crippen molar-refractivity contribution in [2.75, 3.05) is 23.4 Å². The second-order valence-electron chi connectivity index (χ2n) is 5.25. The van der Waals surface area contributed by atoms with E-state index in [-0.39, 0.29) is 0 Å². The zero-order valence-corrected chi connectivity index (χ0v) is 11.1. The lowest BCUT2D eigenvalue weighted by atomic mass is 9.90. The molecule has 2 aliphatic heterocycles. The van der Waals surface area contributed by atoms with Gasteiger partial charge in [-0.1, -0.05) is 19.1 Å². The molecule has 0 aliphatic carbocycles. The monoisotopic (exact) mass is 249 g/mol. The zero-order valence-electron chi connectivity index (χ0n) is 10.2. The lowest BCUT2D eigenvalue weighted by Gasteiger charge is -2.22. The topological polar surface area (TPSA) is 29.1 Å². The summed E-state index contributed by atoms with van der Waals surface area (Å²) in [6.45, 7) is 3.34. The maximum atomic E-state index is 11.4. The summed E-state index contributed by atoms with van der Waals surface area (Å²) >= 11 is 0. The molecule has 2 heterocycles. The molecular formula is C14H19NOS. The SMILES string of the molecule is CC1CNc2ccc(C3CCS(=O)CC3)cc21. The van der Waals surface area contributed by atoms with E-state index in [9.17, 15) is 4.21 Å². The number of rotatable bonds is 1. The molecule has 1 fully saturated rings. The van der Waals surface area contributed by atoms with Crippen LogP contribution in [-0.4, -0.2) is 22.3 Å². The van der Waals surface area contributed by atoms with E-state index in [0.29, 0.717) is 11.8 Å². The van der Waals surface area contributed by atoms with Crippen molar-refractivity contribution < 1.29 is 4.21 Å². The predicted octanol–water partition coefficient (Wildman–Crippen LogP) is 2.84. The second-order valence-corrected chi connectivity index (χ2v) is 6.95. The van der Waals surface area contributed by atoms with Crippen molar-refractivity contribution in [3.05, 3.63) is 29.3 Å². The molecule has 1 atom stereocenters. The predicted molar refractivity (Wildman–Crippen MR) is 73.2 cm³/mol. The minimum atomic E-state index is -0.553. The van der Waals surface area contributed by atoms with Crippen LogP contribution in [0.3, 0.4) is 0 Å². The van der Waals surface area contributed by atoms with Gasteiger partial charge < -0.3 is 5.32 Å². The summed E-state index contributed by atoms with van der Waals surface area (Å²) in [7, 11) is -0.553. The van der Waals surface area contributed by atoms with Gasteiger partial charge in [-0.25, -0.2) is 0 Å². The van der Waals surface area contributed by atoms with Gasteiger partial charge in [-0.05, 0) is 36.0 Å². The van der Waals surface area contributed by atoms with Crippen LogP contribution in [0, 0.1) is 0 Å². The molecule has 17 heavy (non-hydrogen) atoms. The average molecular weight is 249 g/mol. The van der Waals surface area contributed by atoms with Crippen LogP contribution in [0.15, 0.2) is 18.2 Å². The first-order chi connectivity index (χ1) is 8.24. The smallest absolute Gasteiger partial charge is 0.0376 e. The molecule has 0 aromatic heterocycles. The van der Waals surface area contributed by atoms with Gasteiger partial charge in [0.05, 0.1) is 0 Å². The molecule has 0 bridgehead atoms. The number of nitrogens with one attached hydrogen (secondary N) is 1. The van der Waals surface area contributed by atoms with Crippen molar-refractivity contribution in [3.8, 4) is 0 Å². The third-order valence-electron chi connectivity index (χ3n) is 4.06. The van der Waals surface area contributed by atoms with Crippen LogP contribution >= 0.6 is 0 Å². The van der Waals surface area contributed by atoms with Crippen LogP contribution in [0.2, 0.25) is 0 Å². The molecule has 3 heteroatoms. The van der Waals surface area contributed by atoms with Crippen LogP contribution in [0.5, 0.6) is 0 Å². The molecule has 1 unspecified atom stereocenters. The van der Waals surface area contributed by atoms with Crippen molar-refractivity contribution in [1.82, 2.24) is 0 Å². The molecule has 1 N–H and O–H groups in total. The number of hydrogen-bond donors (Lipinski definition) is 1. The Kier molecular flexibility index (Phi) is 2.95. The standard InChI is InChI=1S/C14H19NOS/c1-10-9-15-14-3-2-12(8-13(10)14)11-4-6-17(16)7-5-11/h2-3,8,10-11,15H,4-7,9H2,1H3. The molecule has 0 radical (unpaired) electrons. The Morgan fingerprint density at radius 3 is 2.82 bits per heavy atom. The fourth-order valence-corrected chi connectivity index (χ4v) is 4.20. The first-order valence-corrected chi connectivity index (χ1v) is 7.95. The Bertz CT molecular complexity index is 448. The molecule has 92 valence electrons. The quantitative estimate of drug-likeness (QED) is 0.829. The van der Waals surface area contributed by atoms with Gasteiger partial charge in [0.2, 0.25) is 0 Å². The third-order valence-corrected chi connectivity index (χ3v) is 5.45. The van der Waals surface area contributed by atoms with E-state index in [0.717, 1.165) is 30.9 Å². The Morgan fingerprint density at radius 1 is 1.29 bits per heavy atom. The number of fused-ring (bicyclic) bond motifs is 1. The van der Waals surface area contributed by atoms with Crippen molar-refractivity contribution in [3.63, 3.8) is 0 Å². The van der Waals surface area contributed by atoms with Gasteiger partial charge in [0, 0.05) is 40.5 Å². The van der Waals surface area contributed by atoms with E-state index in [2.05, 4.69) is 30.4 Å². The molecule has 1 aromatic rings. The van der Waals surface area contributed by atoms with Gasteiger partial charge in [-0.15, -0.1) is 0 Å². The van der Waals surface area contributed by atoms with E-state index in [1.807, 2.05) is 0 Å². The Hall–Kier alpha value is -0.830. The van der Waals surface area contributed by atoms with Crippen LogP contribution < -0.4 is 5.32 Å². The maximum absolute atomic E-state index is 11.4. The average Bonchev–Trinajstić information content (AvgIpc) is 2.72. The Labute approximate surface area is 105 Å². The zero-order chi connectivity index (χ0) is 11.8. The largest absolute Gasteiger partial charge is 0.384 e. The van der Waals surface area contributed by atoms with Gasteiger partial charge >= 0.3 is 0 Å². The van der Waals surface area contributed by atoms with Crippen molar-refractivity contribution in [2.45, 2.75) is 31.6 Å². The van der Waals surface area contributed by atoms with E-state index in [1.54, 1.807) is 0 Å². The van der Waals surface area contributed by atoms with E-state index in [1.165, 1.54) is 16.8 Å². The van der Waals surface area contributed by atoms with Gasteiger partial charge in [-0.3, -0.25) is 4.21 Å². The molecule has 1 saturated heterocycles. The highest BCUT2D eigenvalue weighted by Gasteiger charge is 2.23. The minimum Gasteiger partial charge on any atom is -0.384 e. The van der Waals surface area contributed by atoms with Gasteiger partial charge in [-0.2, -0.15) is 0 Å². The van der Waals surface area contributed by atoms with Gasteiger partial charge in [0.15, 0.2) is 0 Å². The maximum Gasteiger partial charge on any atom is 0.0376 e. The van der Waals surface area contributed by atoms with Crippen molar-refractivity contribution in [2.24, 2.45) is 0 Å².